The fourth-order valence-corrected chi connectivity index (χ4v) is 2.41. The molecular weight excluding hydrogens is 282 g/mol. The first-order valence-corrected chi connectivity index (χ1v) is 7.64. The molecule has 2 amide bonds. The standard InChI is InChI=1S/C16H23N3O3/c17-9-15(20)18-10-16(21)19-13-7-5-12(6-8-13)11-22-14-3-1-2-4-14/h5-8,14H,1-4,9-11,17H2,(H,18,20)(H,19,21). The quantitative estimate of drug-likeness (QED) is 0.704. The first-order chi connectivity index (χ1) is 10.7. The summed E-state index contributed by atoms with van der Waals surface area (Å²) in [6.45, 7) is 0.400. The van der Waals surface area contributed by atoms with Gasteiger partial charge in [0.05, 0.1) is 25.8 Å². The lowest BCUT2D eigenvalue weighted by Gasteiger charge is -2.11. The molecule has 0 atom stereocenters. The van der Waals surface area contributed by atoms with E-state index in [-0.39, 0.29) is 24.9 Å². The van der Waals surface area contributed by atoms with Gasteiger partial charge in [-0.2, -0.15) is 0 Å². The monoisotopic (exact) mass is 305 g/mol. The number of carbonyl (C=O) groups is 2. The van der Waals surface area contributed by atoms with Crippen LogP contribution in [-0.4, -0.2) is 31.0 Å². The van der Waals surface area contributed by atoms with E-state index in [9.17, 15) is 9.59 Å². The number of carbonyl (C=O) groups excluding carboxylic acids is 2. The SMILES string of the molecule is NCC(=O)NCC(=O)Nc1ccc(COC2CCCC2)cc1. The number of hydrogen-bond acceptors (Lipinski definition) is 4. The molecule has 1 fully saturated rings. The maximum atomic E-state index is 11.6. The van der Waals surface area contributed by atoms with Gasteiger partial charge in [0.2, 0.25) is 11.8 Å². The van der Waals surface area contributed by atoms with Crippen LogP contribution in [0, 0.1) is 0 Å². The third-order valence-corrected chi connectivity index (χ3v) is 3.66. The molecule has 22 heavy (non-hydrogen) atoms. The summed E-state index contributed by atoms with van der Waals surface area (Å²) in [5.41, 5.74) is 6.92. The number of amides is 2. The van der Waals surface area contributed by atoms with Gasteiger partial charge in [0.15, 0.2) is 0 Å². The second kappa shape index (κ2) is 8.51. The number of ether oxygens (including phenoxy) is 1. The molecule has 1 aliphatic carbocycles. The normalized spacial score (nSPS) is 14.8. The summed E-state index contributed by atoms with van der Waals surface area (Å²) in [6, 6.07) is 7.53. The molecular formula is C16H23N3O3. The summed E-state index contributed by atoms with van der Waals surface area (Å²) in [5, 5.41) is 5.13. The molecule has 0 saturated heterocycles. The second-order valence-electron chi connectivity index (χ2n) is 5.44. The van der Waals surface area contributed by atoms with Gasteiger partial charge in [-0.1, -0.05) is 25.0 Å². The minimum Gasteiger partial charge on any atom is -0.374 e. The van der Waals surface area contributed by atoms with Gasteiger partial charge >= 0.3 is 0 Å². The molecule has 0 spiro atoms. The minimum atomic E-state index is -0.352. The van der Waals surface area contributed by atoms with Gasteiger partial charge < -0.3 is 21.1 Å². The summed E-state index contributed by atoms with van der Waals surface area (Å²) in [7, 11) is 0. The van der Waals surface area contributed by atoms with Crippen LogP contribution in [0.2, 0.25) is 0 Å². The fourth-order valence-electron chi connectivity index (χ4n) is 2.41. The molecule has 0 radical (unpaired) electrons. The zero-order chi connectivity index (χ0) is 15.8. The van der Waals surface area contributed by atoms with Gasteiger partial charge in [-0.05, 0) is 30.5 Å². The summed E-state index contributed by atoms with van der Waals surface area (Å²) < 4.78 is 5.84. The van der Waals surface area contributed by atoms with E-state index in [0.29, 0.717) is 18.4 Å². The Morgan fingerprint density at radius 3 is 2.45 bits per heavy atom. The average Bonchev–Trinajstić information content (AvgIpc) is 3.05. The van der Waals surface area contributed by atoms with E-state index >= 15 is 0 Å². The molecule has 120 valence electrons. The Hall–Kier alpha value is -1.92. The third kappa shape index (κ3) is 5.46. The minimum absolute atomic E-state index is 0.0808. The van der Waals surface area contributed by atoms with Crippen LogP contribution in [0.3, 0.4) is 0 Å². The average molecular weight is 305 g/mol. The highest BCUT2D eigenvalue weighted by atomic mass is 16.5. The van der Waals surface area contributed by atoms with Crippen LogP contribution < -0.4 is 16.4 Å². The third-order valence-electron chi connectivity index (χ3n) is 3.66. The Morgan fingerprint density at radius 2 is 1.82 bits per heavy atom. The number of benzene rings is 1. The zero-order valence-electron chi connectivity index (χ0n) is 12.6. The van der Waals surface area contributed by atoms with Crippen molar-refractivity contribution in [2.45, 2.75) is 38.4 Å². The molecule has 0 unspecified atom stereocenters. The van der Waals surface area contributed by atoms with E-state index in [4.69, 9.17) is 10.5 Å². The molecule has 1 saturated carbocycles. The number of nitrogens with two attached hydrogens (primary N) is 1. The molecule has 0 aromatic heterocycles. The first-order valence-electron chi connectivity index (χ1n) is 7.64. The predicted octanol–water partition coefficient (Wildman–Crippen LogP) is 1.16. The summed E-state index contributed by atoms with van der Waals surface area (Å²) in [4.78, 5) is 22.6. The van der Waals surface area contributed by atoms with E-state index in [0.717, 1.165) is 18.4 Å². The molecule has 1 aromatic carbocycles. The lowest BCUT2D eigenvalue weighted by molar-refractivity contribution is -0.123. The number of anilines is 1. The van der Waals surface area contributed by atoms with Crippen LogP contribution >= 0.6 is 0 Å². The summed E-state index contributed by atoms with van der Waals surface area (Å²) >= 11 is 0. The highest BCUT2D eigenvalue weighted by molar-refractivity contribution is 5.94. The van der Waals surface area contributed by atoms with Gasteiger partial charge in [0.1, 0.15) is 0 Å². The lowest BCUT2D eigenvalue weighted by atomic mass is 10.2. The van der Waals surface area contributed by atoms with Crippen LogP contribution in [0.15, 0.2) is 24.3 Å². The van der Waals surface area contributed by atoms with Gasteiger partial charge in [0, 0.05) is 5.69 Å². The van der Waals surface area contributed by atoms with Crippen molar-refractivity contribution in [1.29, 1.82) is 0 Å². The summed E-state index contributed by atoms with van der Waals surface area (Å²) in [5.74, 6) is -0.633. The Kier molecular flexibility index (Phi) is 6.36. The fraction of sp³-hybridized carbons (Fsp3) is 0.500. The highest BCUT2D eigenvalue weighted by Crippen LogP contribution is 2.22. The Morgan fingerprint density at radius 1 is 1.14 bits per heavy atom. The van der Waals surface area contributed by atoms with Crippen molar-refractivity contribution < 1.29 is 14.3 Å². The smallest absolute Gasteiger partial charge is 0.243 e. The Labute approximate surface area is 130 Å². The predicted molar refractivity (Wildman–Crippen MR) is 84.2 cm³/mol. The molecule has 0 aliphatic heterocycles. The largest absolute Gasteiger partial charge is 0.374 e. The Balaban J connectivity index is 1.73. The van der Waals surface area contributed by atoms with E-state index in [1.807, 2.05) is 24.3 Å². The van der Waals surface area contributed by atoms with Crippen LogP contribution in [-0.2, 0) is 20.9 Å². The van der Waals surface area contributed by atoms with Gasteiger partial charge in [-0.15, -0.1) is 0 Å². The van der Waals surface area contributed by atoms with E-state index in [1.165, 1.54) is 12.8 Å². The second-order valence-corrected chi connectivity index (χ2v) is 5.44. The highest BCUT2D eigenvalue weighted by Gasteiger charge is 2.15. The molecule has 4 N–H and O–H groups in total. The van der Waals surface area contributed by atoms with E-state index < -0.39 is 0 Å². The molecule has 1 aliphatic rings. The van der Waals surface area contributed by atoms with Crippen molar-refractivity contribution in [3.8, 4) is 0 Å². The van der Waals surface area contributed by atoms with Crippen LogP contribution in [0.25, 0.3) is 0 Å². The van der Waals surface area contributed by atoms with Crippen molar-refractivity contribution in [3.05, 3.63) is 29.8 Å². The molecule has 0 bridgehead atoms. The van der Waals surface area contributed by atoms with Crippen LogP contribution in [0.5, 0.6) is 0 Å². The van der Waals surface area contributed by atoms with Crippen molar-refractivity contribution >= 4 is 17.5 Å². The van der Waals surface area contributed by atoms with Crippen molar-refractivity contribution in [2.24, 2.45) is 5.73 Å². The maximum absolute atomic E-state index is 11.6. The van der Waals surface area contributed by atoms with Crippen molar-refractivity contribution in [3.63, 3.8) is 0 Å². The molecule has 0 heterocycles. The summed E-state index contributed by atoms with van der Waals surface area (Å²) in [6.07, 6.45) is 5.23. The zero-order valence-corrected chi connectivity index (χ0v) is 12.6. The van der Waals surface area contributed by atoms with Crippen molar-refractivity contribution in [2.75, 3.05) is 18.4 Å². The molecule has 6 nitrogen and oxygen atoms in total. The van der Waals surface area contributed by atoms with E-state index in [2.05, 4.69) is 10.6 Å². The van der Waals surface area contributed by atoms with Gasteiger partial charge in [-0.25, -0.2) is 0 Å². The van der Waals surface area contributed by atoms with Crippen LogP contribution in [0.1, 0.15) is 31.2 Å². The van der Waals surface area contributed by atoms with E-state index in [1.54, 1.807) is 0 Å². The number of hydrogen-bond donors (Lipinski definition) is 3. The topological polar surface area (TPSA) is 93.5 Å². The molecule has 2 rings (SSSR count). The van der Waals surface area contributed by atoms with Crippen LogP contribution in [0.4, 0.5) is 5.69 Å². The molecule has 1 aromatic rings. The van der Waals surface area contributed by atoms with Crippen molar-refractivity contribution in [1.82, 2.24) is 5.32 Å². The maximum Gasteiger partial charge on any atom is 0.243 e. The Bertz CT molecular complexity index is 496. The lowest BCUT2D eigenvalue weighted by Crippen LogP contribution is -2.36. The first kappa shape index (κ1) is 16.5. The number of rotatable bonds is 7. The van der Waals surface area contributed by atoms with Gasteiger partial charge in [0.25, 0.3) is 0 Å². The molecule has 6 heteroatoms. The van der Waals surface area contributed by atoms with Gasteiger partial charge in [-0.3, -0.25) is 9.59 Å². The number of nitrogens with one attached hydrogen (secondary N) is 2.